The number of para-hydroxylation sites is 1. The highest BCUT2D eigenvalue weighted by molar-refractivity contribution is 7.94. The van der Waals surface area contributed by atoms with Crippen molar-refractivity contribution in [1.82, 2.24) is 0 Å². The van der Waals surface area contributed by atoms with Gasteiger partial charge in [0.15, 0.2) is 17.7 Å². The third-order valence-electron chi connectivity index (χ3n) is 4.20. The maximum atomic E-state index is 14.4. The van der Waals surface area contributed by atoms with Crippen molar-refractivity contribution in [1.29, 1.82) is 0 Å². The highest BCUT2D eigenvalue weighted by atomic mass is 32.2. The molecule has 1 aliphatic heterocycles. The number of ether oxygens (including phenoxy) is 1. The molecule has 1 amide bonds. The number of carbonyl (C=O) groups is 1. The Hall–Kier alpha value is -2.88. The lowest BCUT2D eigenvalue weighted by Crippen LogP contribution is -2.32. The average Bonchev–Trinajstić information content (AvgIpc) is 2.78. The Kier molecular flexibility index (Phi) is 4.68. The molecule has 0 bridgehead atoms. The summed E-state index contributed by atoms with van der Waals surface area (Å²) in [7, 11) is -1.14. The number of halogens is 2. The van der Waals surface area contributed by atoms with E-state index in [0.717, 1.165) is 14.7 Å². The van der Waals surface area contributed by atoms with Gasteiger partial charge in [0, 0.05) is 20.2 Å². The molecule has 3 rings (SSSR count). The Morgan fingerprint density at radius 2 is 1.67 bits per heavy atom. The van der Waals surface area contributed by atoms with E-state index in [4.69, 9.17) is 4.74 Å². The molecule has 0 saturated heterocycles. The molecule has 1 atom stereocenters. The second-order valence-corrected chi connectivity index (χ2v) is 7.93. The summed E-state index contributed by atoms with van der Waals surface area (Å²) < 4.78 is 59.4. The number of amides is 1. The first-order chi connectivity index (χ1) is 12.6. The molecule has 1 N–H and O–H groups in total. The summed E-state index contributed by atoms with van der Waals surface area (Å²) in [5.74, 6) is -2.26. The van der Waals surface area contributed by atoms with Crippen molar-refractivity contribution < 1.29 is 26.7 Å². The number of anilines is 3. The third kappa shape index (κ3) is 3.27. The highest BCUT2D eigenvalue weighted by Gasteiger charge is 2.36. The standard InChI is InChI=1S/C17H17F2N3O4S/c1-10(26-16-7-5-4-6-11(16)18)17(23)20-13-9-15-14(8-12(13)19)21(2)27(24,25)22(15)3/h4-10H,1-3H3,(H,20,23). The molecular formula is C17H17F2N3O4S. The van der Waals surface area contributed by atoms with Crippen molar-refractivity contribution in [2.24, 2.45) is 0 Å². The smallest absolute Gasteiger partial charge is 0.326 e. The Bertz CT molecular complexity index is 1010. The van der Waals surface area contributed by atoms with Crippen LogP contribution in [0.5, 0.6) is 5.75 Å². The fourth-order valence-corrected chi connectivity index (χ4v) is 3.76. The van der Waals surface area contributed by atoms with Crippen LogP contribution in [0.25, 0.3) is 0 Å². The Morgan fingerprint density at radius 1 is 1.07 bits per heavy atom. The Labute approximate surface area is 155 Å². The highest BCUT2D eigenvalue weighted by Crippen LogP contribution is 2.41. The van der Waals surface area contributed by atoms with Crippen LogP contribution in [0.2, 0.25) is 0 Å². The molecule has 1 unspecified atom stereocenters. The number of hydrogen-bond donors (Lipinski definition) is 1. The van der Waals surface area contributed by atoms with Crippen molar-refractivity contribution >= 4 is 33.2 Å². The molecule has 10 heteroatoms. The SMILES string of the molecule is CC(Oc1ccccc1F)C(=O)Nc1cc2c(cc1F)N(C)S(=O)(=O)N2C. The van der Waals surface area contributed by atoms with Crippen LogP contribution in [0.4, 0.5) is 25.8 Å². The van der Waals surface area contributed by atoms with Gasteiger partial charge in [-0.25, -0.2) is 8.78 Å². The lowest BCUT2D eigenvalue weighted by atomic mass is 10.2. The van der Waals surface area contributed by atoms with Crippen molar-refractivity contribution in [2.45, 2.75) is 13.0 Å². The van der Waals surface area contributed by atoms with Gasteiger partial charge in [0.2, 0.25) is 0 Å². The van der Waals surface area contributed by atoms with Crippen molar-refractivity contribution in [3.05, 3.63) is 48.0 Å². The van der Waals surface area contributed by atoms with Crippen LogP contribution < -0.4 is 18.7 Å². The van der Waals surface area contributed by atoms with Crippen LogP contribution >= 0.6 is 0 Å². The molecule has 0 saturated carbocycles. The van der Waals surface area contributed by atoms with Gasteiger partial charge in [-0.15, -0.1) is 0 Å². The zero-order chi connectivity index (χ0) is 19.9. The average molecular weight is 397 g/mol. The molecule has 2 aromatic carbocycles. The number of fused-ring (bicyclic) bond motifs is 1. The molecule has 0 aromatic heterocycles. The molecule has 0 aliphatic carbocycles. The quantitative estimate of drug-likeness (QED) is 0.860. The van der Waals surface area contributed by atoms with Crippen molar-refractivity contribution in [2.75, 3.05) is 28.0 Å². The zero-order valence-corrected chi connectivity index (χ0v) is 15.5. The normalized spacial score (nSPS) is 16.0. The topological polar surface area (TPSA) is 79.0 Å². The van der Waals surface area contributed by atoms with Gasteiger partial charge in [-0.1, -0.05) is 12.1 Å². The number of nitrogens with one attached hydrogen (secondary N) is 1. The van der Waals surface area contributed by atoms with Crippen LogP contribution in [0.3, 0.4) is 0 Å². The minimum Gasteiger partial charge on any atom is -0.478 e. The van der Waals surface area contributed by atoms with E-state index in [1.807, 2.05) is 0 Å². The molecule has 0 spiro atoms. The van der Waals surface area contributed by atoms with Gasteiger partial charge in [-0.3, -0.25) is 13.4 Å². The first-order valence-corrected chi connectivity index (χ1v) is 9.31. The van der Waals surface area contributed by atoms with E-state index in [-0.39, 0.29) is 22.8 Å². The van der Waals surface area contributed by atoms with Gasteiger partial charge in [0.1, 0.15) is 5.82 Å². The molecule has 144 valence electrons. The Morgan fingerprint density at radius 3 is 2.30 bits per heavy atom. The van der Waals surface area contributed by atoms with Crippen LogP contribution in [0.15, 0.2) is 36.4 Å². The molecule has 27 heavy (non-hydrogen) atoms. The Balaban J connectivity index is 1.81. The van der Waals surface area contributed by atoms with Gasteiger partial charge in [0.25, 0.3) is 5.91 Å². The minimum atomic E-state index is -3.77. The molecule has 0 fully saturated rings. The van der Waals surface area contributed by atoms with Gasteiger partial charge >= 0.3 is 10.2 Å². The predicted octanol–water partition coefficient (Wildman–Crippen LogP) is 2.50. The van der Waals surface area contributed by atoms with Gasteiger partial charge < -0.3 is 10.1 Å². The largest absolute Gasteiger partial charge is 0.478 e. The summed E-state index contributed by atoms with van der Waals surface area (Å²) in [4.78, 5) is 12.3. The monoisotopic (exact) mass is 397 g/mol. The molecule has 0 radical (unpaired) electrons. The van der Waals surface area contributed by atoms with E-state index in [0.29, 0.717) is 0 Å². The second-order valence-electron chi connectivity index (χ2n) is 5.94. The summed E-state index contributed by atoms with van der Waals surface area (Å²) in [6.45, 7) is 1.39. The summed E-state index contributed by atoms with van der Waals surface area (Å²) in [5.41, 5.74) is 0.167. The lowest BCUT2D eigenvalue weighted by Gasteiger charge is -2.16. The van der Waals surface area contributed by atoms with Gasteiger partial charge in [0.05, 0.1) is 17.1 Å². The van der Waals surface area contributed by atoms with Crippen LogP contribution in [0.1, 0.15) is 6.92 Å². The lowest BCUT2D eigenvalue weighted by molar-refractivity contribution is -0.122. The van der Waals surface area contributed by atoms with Gasteiger partial charge in [-0.05, 0) is 25.1 Å². The number of benzene rings is 2. The second kappa shape index (κ2) is 6.69. The van der Waals surface area contributed by atoms with E-state index < -0.39 is 33.9 Å². The van der Waals surface area contributed by atoms with Crippen molar-refractivity contribution in [3.63, 3.8) is 0 Å². The fourth-order valence-electron chi connectivity index (χ4n) is 2.60. The first kappa shape index (κ1) is 18.9. The number of rotatable bonds is 4. The third-order valence-corrected chi connectivity index (χ3v) is 5.98. The summed E-state index contributed by atoms with van der Waals surface area (Å²) in [5, 5.41) is 2.34. The summed E-state index contributed by atoms with van der Waals surface area (Å²) >= 11 is 0. The first-order valence-electron chi connectivity index (χ1n) is 7.91. The number of carbonyl (C=O) groups excluding carboxylic acids is 1. The molecule has 1 aliphatic rings. The molecule has 2 aromatic rings. The maximum absolute atomic E-state index is 14.4. The van der Waals surface area contributed by atoms with Gasteiger partial charge in [-0.2, -0.15) is 8.42 Å². The van der Waals surface area contributed by atoms with E-state index >= 15 is 0 Å². The van der Waals surface area contributed by atoms with E-state index in [9.17, 15) is 22.0 Å². The van der Waals surface area contributed by atoms with E-state index in [2.05, 4.69) is 5.32 Å². The number of nitrogens with zero attached hydrogens (tertiary/aromatic N) is 2. The predicted molar refractivity (Wildman–Crippen MR) is 97.2 cm³/mol. The number of hydrogen-bond acceptors (Lipinski definition) is 4. The van der Waals surface area contributed by atoms with E-state index in [1.54, 1.807) is 6.07 Å². The maximum Gasteiger partial charge on any atom is 0.326 e. The van der Waals surface area contributed by atoms with E-state index in [1.165, 1.54) is 45.3 Å². The fraction of sp³-hybridized carbons (Fsp3) is 0.235. The molecule has 1 heterocycles. The van der Waals surface area contributed by atoms with Crippen LogP contribution in [-0.2, 0) is 15.0 Å². The molecule has 7 nitrogen and oxygen atoms in total. The summed E-state index contributed by atoms with van der Waals surface area (Å²) in [6, 6.07) is 7.83. The summed E-state index contributed by atoms with van der Waals surface area (Å²) in [6.07, 6.45) is -1.11. The zero-order valence-electron chi connectivity index (χ0n) is 14.7. The van der Waals surface area contributed by atoms with Crippen molar-refractivity contribution in [3.8, 4) is 5.75 Å². The minimum absolute atomic E-state index is 0.109. The van der Waals surface area contributed by atoms with Crippen LogP contribution in [0, 0.1) is 11.6 Å². The van der Waals surface area contributed by atoms with Crippen LogP contribution in [-0.4, -0.2) is 34.5 Å². The molecular weight excluding hydrogens is 380 g/mol.